The van der Waals surface area contributed by atoms with Crippen molar-refractivity contribution in [1.82, 2.24) is 15.5 Å². The van der Waals surface area contributed by atoms with E-state index in [2.05, 4.69) is 10.6 Å². The predicted octanol–water partition coefficient (Wildman–Crippen LogP) is -0.502. The zero-order valence-corrected chi connectivity index (χ0v) is 13.3. The summed E-state index contributed by atoms with van der Waals surface area (Å²) in [6.07, 6.45) is 4.84. The van der Waals surface area contributed by atoms with E-state index in [1.807, 2.05) is 0 Å². The molecule has 22 heavy (non-hydrogen) atoms. The van der Waals surface area contributed by atoms with Crippen LogP contribution in [0.15, 0.2) is 0 Å². The molecule has 0 unspecified atom stereocenters. The molecule has 7 nitrogen and oxygen atoms in total. The summed E-state index contributed by atoms with van der Waals surface area (Å²) in [5, 5.41) is 5.67. The van der Waals surface area contributed by atoms with Gasteiger partial charge in [-0.3, -0.25) is 14.4 Å². The maximum atomic E-state index is 12.8. The Labute approximate surface area is 131 Å². The molecule has 2 aliphatic heterocycles. The van der Waals surface area contributed by atoms with Crippen LogP contribution in [-0.2, 0) is 14.4 Å². The fraction of sp³-hybridized carbons (Fsp3) is 0.800. The van der Waals surface area contributed by atoms with Crippen LogP contribution in [-0.4, -0.2) is 53.8 Å². The topological polar surface area (TPSA) is 105 Å². The van der Waals surface area contributed by atoms with Crippen molar-refractivity contribution in [3.63, 3.8) is 0 Å². The van der Waals surface area contributed by atoms with Gasteiger partial charge in [-0.25, -0.2) is 0 Å². The lowest BCUT2D eigenvalue weighted by molar-refractivity contribution is -0.143. The van der Waals surface area contributed by atoms with Gasteiger partial charge in [-0.05, 0) is 39.7 Å². The fourth-order valence-electron chi connectivity index (χ4n) is 3.37. The van der Waals surface area contributed by atoms with Gasteiger partial charge in [0.15, 0.2) is 0 Å². The van der Waals surface area contributed by atoms with Crippen LogP contribution in [0.4, 0.5) is 0 Å². The Morgan fingerprint density at radius 2 is 1.91 bits per heavy atom. The molecular formula is C15H26N4O3. The summed E-state index contributed by atoms with van der Waals surface area (Å²) in [4.78, 5) is 38.1. The lowest BCUT2D eigenvalue weighted by atomic mass is 9.98. The number of carbonyl (C=O) groups excluding carboxylic acids is 3. The second-order valence-corrected chi connectivity index (χ2v) is 6.25. The average Bonchev–Trinajstić information content (AvgIpc) is 2.90. The third kappa shape index (κ3) is 3.40. The minimum absolute atomic E-state index is 0.0754. The van der Waals surface area contributed by atoms with E-state index in [4.69, 9.17) is 5.73 Å². The first-order valence-electron chi connectivity index (χ1n) is 8.04. The summed E-state index contributed by atoms with van der Waals surface area (Å²) in [6, 6.07) is -1.38. The standard InChI is InChI=1S/C15H26N4O3/c1-9(17-2)14(21)18-11-6-4-3-5-10-7-8-12(13(16)20)19(10)15(11)22/h9-12,17H,3-8H2,1-2H3,(H2,16,20)(H,18,21)/t9-,10-,11-,12-/m0/s1. The zero-order chi connectivity index (χ0) is 16.3. The molecule has 2 saturated heterocycles. The van der Waals surface area contributed by atoms with Crippen molar-refractivity contribution in [2.75, 3.05) is 7.05 Å². The Morgan fingerprint density at radius 3 is 2.55 bits per heavy atom. The van der Waals surface area contributed by atoms with Crippen LogP contribution in [0.1, 0.15) is 45.4 Å². The first kappa shape index (κ1) is 16.7. The number of likely N-dealkylation sites (N-methyl/N-ethyl adjacent to an activating group) is 1. The molecular weight excluding hydrogens is 284 g/mol. The first-order chi connectivity index (χ1) is 10.5. The van der Waals surface area contributed by atoms with E-state index < -0.39 is 18.0 Å². The van der Waals surface area contributed by atoms with Crippen molar-refractivity contribution in [2.24, 2.45) is 5.73 Å². The predicted molar refractivity (Wildman–Crippen MR) is 81.8 cm³/mol. The Balaban J connectivity index is 2.15. The van der Waals surface area contributed by atoms with E-state index in [1.165, 1.54) is 0 Å². The molecule has 0 aromatic rings. The van der Waals surface area contributed by atoms with Crippen LogP contribution in [0.3, 0.4) is 0 Å². The molecule has 2 heterocycles. The van der Waals surface area contributed by atoms with Gasteiger partial charge in [-0.1, -0.05) is 12.8 Å². The second-order valence-electron chi connectivity index (χ2n) is 6.25. The molecule has 0 spiro atoms. The van der Waals surface area contributed by atoms with E-state index in [0.29, 0.717) is 12.8 Å². The molecule has 4 N–H and O–H groups in total. The molecule has 0 radical (unpaired) electrons. The van der Waals surface area contributed by atoms with Crippen LogP contribution in [0.25, 0.3) is 0 Å². The van der Waals surface area contributed by atoms with Crippen LogP contribution < -0.4 is 16.4 Å². The van der Waals surface area contributed by atoms with E-state index in [0.717, 1.165) is 25.7 Å². The summed E-state index contributed by atoms with van der Waals surface area (Å²) in [6.45, 7) is 1.74. The molecule has 0 bridgehead atoms. The van der Waals surface area contributed by atoms with Crippen LogP contribution in [0.2, 0.25) is 0 Å². The molecule has 3 amide bonds. The zero-order valence-electron chi connectivity index (χ0n) is 13.3. The maximum Gasteiger partial charge on any atom is 0.246 e. The second kappa shape index (κ2) is 7.09. The third-order valence-corrected chi connectivity index (χ3v) is 4.81. The van der Waals surface area contributed by atoms with Crippen LogP contribution in [0, 0.1) is 0 Å². The molecule has 7 heteroatoms. The number of nitrogens with zero attached hydrogens (tertiary/aromatic N) is 1. The minimum Gasteiger partial charge on any atom is -0.368 e. The number of amides is 3. The highest BCUT2D eigenvalue weighted by atomic mass is 16.2. The first-order valence-corrected chi connectivity index (χ1v) is 8.04. The van der Waals surface area contributed by atoms with E-state index in [1.54, 1.807) is 18.9 Å². The van der Waals surface area contributed by atoms with Crippen molar-refractivity contribution in [2.45, 2.75) is 69.6 Å². The number of nitrogens with two attached hydrogens (primary N) is 1. The monoisotopic (exact) mass is 310 g/mol. The van der Waals surface area contributed by atoms with Gasteiger partial charge in [-0.15, -0.1) is 0 Å². The van der Waals surface area contributed by atoms with E-state index in [-0.39, 0.29) is 23.9 Å². The Kier molecular flexibility index (Phi) is 5.39. The van der Waals surface area contributed by atoms with Gasteiger partial charge in [0.1, 0.15) is 12.1 Å². The van der Waals surface area contributed by atoms with Gasteiger partial charge >= 0.3 is 0 Å². The summed E-state index contributed by atoms with van der Waals surface area (Å²) in [7, 11) is 1.70. The summed E-state index contributed by atoms with van der Waals surface area (Å²) in [5.41, 5.74) is 5.44. The van der Waals surface area contributed by atoms with Crippen molar-refractivity contribution < 1.29 is 14.4 Å². The lowest BCUT2D eigenvalue weighted by Crippen LogP contribution is -2.57. The van der Waals surface area contributed by atoms with Crippen LogP contribution in [0.5, 0.6) is 0 Å². The fourth-order valence-corrected chi connectivity index (χ4v) is 3.37. The highest BCUT2D eigenvalue weighted by molar-refractivity contribution is 5.93. The lowest BCUT2D eigenvalue weighted by Gasteiger charge is -2.35. The van der Waals surface area contributed by atoms with Gasteiger partial charge in [0.05, 0.1) is 6.04 Å². The number of fused-ring (bicyclic) bond motifs is 1. The third-order valence-electron chi connectivity index (χ3n) is 4.81. The quantitative estimate of drug-likeness (QED) is 0.651. The highest BCUT2D eigenvalue weighted by Gasteiger charge is 2.43. The van der Waals surface area contributed by atoms with E-state index >= 15 is 0 Å². The van der Waals surface area contributed by atoms with Gasteiger partial charge in [0.25, 0.3) is 0 Å². The average molecular weight is 310 g/mol. The van der Waals surface area contributed by atoms with Gasteiger partial charge in [0.2, 0.25) is 17.7 Å². The number of hydrogen-bond acceptors (Lipinski definition) is 4. The van der Waals surface area contributed by atoms with Crippen molar-refractivity contribution in [3.8, 4) is 0 Å². The highest BCUT2D eigenvalue weighted by Crippen LogP contribution is 2.31. The number of hydrogen-bond donors (Lipinski definition) is 3. The Hall–Kier alpha value is -1.63. The number of primary amides is 1. The number of carbonyl (C=O) groups is 3. The van der Waals surface area contributed by atoms with Crippen molar-refractivity contribution >= 4 is 17.7 Å². The SMILES string of the molecule is CN[C@@H](C)C(=O)N[C@H]1CCCC[C@H]2CC[C@@H](C(N)=O)N2C1=O. The molecule has 124 valence electrons. The van der Waals surface area contributed by atoms with Gasteiger partial charge in [-0.2, -0.15) is 0 Å². The molecule has 0 aromatic carbocycles. The van der Waals surface area contributed by atoms with Crippen molar-refractivity contribution in [3.05, 3.63) is 0 Å². The molecule has 0 saturated carbocycles. The summed E-state index contributed by atoms with van der Waals surface area (Å²) >= 11 is 0. The number of rotatable bonds is 4. The minimum atomic E-state index is -0.564. The van der Waals surface area contributed by atoms with Gasteiger partial charge in [0, 0.05) is 6.04 Å². The summed E-state index contributed by atoms with van der Waals surface area (Å²) < 4.78 is 0. The van der Waals surface area contributed by atoms with E-state index in [9.17, 15) is 14.4 Å². The largest absolute Gasteiger partial charge is 0.368 e. The Morgan fingerprint density at radius 1 is 1.23 bits per heavy atom. The molecule has 4 atom stereocenters. The number of nitrogens with one attached hydrogen (secondary N) is 2. The molecule has 0 aliphatic carbocycles. The Bertz CT molecular complexity index is 454. The van der Waals surface area contributed by atoms with Crippen LogP contribution >= 0.6 is 0 Å². The summed E-state index contributed by atoms with van der Waals surface area (Å²) in [5.74, 6) is -0.819. The smallest absolute Gasteiger partial charge is 0.246 e. The molecule has 2 rings (SSSR count). The molecule has 0 aromatic heterocycles. The normalized spacial score (nSPS) is 30.2. The van der Waals surface area contributed by atoms with Gasteiger partial charge < -0.3 is 21.3 Å². The van der Waals surface area contributed by atoms with Crippen molar-refractivity contribution in [1.29, 1.82) is 0 Å². The maximum absolute atomic E-state index is 12.8. The molecule has 2 aliphatic rings. The molecule has 2 fully saturated rings.